The summed E-state index contributed by atoms with van der Waals surface area (Å²) in [5.41, 5.74) is 22.3. The van der Waals surface area contributed by atoms with Gasteiger partial charge in [0.05, 0.1) is 37.3 Å². The summed E-state index contributed by atoms with van der Waals surface area (Å²) in [4.78, 5) is 0. The van der Waals surface area contributed by atoms with Crippen LogP contribution in [0, 0.1) is 0 Å². The summed E-state index contributed by atoms with van der Waals surface area (Å²) in [6.45, 7) is 32.5. The molecule has 552 valence electrons. The molecule has 36 aromatic rings. The van der Waals surface area contributed by atoms with Crippen LogP contribution in [0.1, 0.15) is 161 Å². The molecule has 38 rings (SSSR count). The highest BCUT2D eigenvalue weighted by Gasteiger charge is 2.52. The normalized spacial score (nSPS) is 16.4. The zero-order valence-electron chi connectivity index (χ0n) is 68.2. The van der Waals surface area contributed by atoms with Gasteiger partial charge >= 0.3 is 0 Å². The van der Waals surface area contributed by atoms with Crippen LogP contribution in [-0.2, 0) is 69.9 Å². The van der Waals surface area contributed by atoms with Crippen molar-refractivity contribution in [2.24, 2.45) is 0 Å². The Labute approximate surface area is 669 Å². The monoisotopic (exact) mass is 1510 g/mol. The molecule has 0 unspecified atom stereocenters. The Morgan fingerprint density at radius 2 is 0.373 bits per heavy atom. The van der Waals surface area contributed by atoms with Gasteiger partial charge in [-0.1, -0.05) is 132 Å². The van der Waals surface area contributed by atoms with Crippen LogP contribution in [0.15, 0.2) is 48.5 Å². The van der Waals surface area contributed by atoms with E-state index in [1.165, 1.54) is 122 Å². The Kier molecular flexibility index (Phi) is 7.82. The van der Waals surface area contributed by atoms with Crippen molar-refractivity contribution in [2.75, 3.05) is 40.6 Å². The number of aromatic nitrogens is 2. The Morgan fingerprint density at radius 1 is 0.212 bits per heavy atom. The molecule has 0 amide bonds. The number of hydrogen-bond acceptors (Lipinski definition) is 4. The summed E-state index contributed by atoms with van der Waals surface area (Å²) >= 11 is 0. The maximum Gasteiger partial charge on any atom is 0.126 e. The second kappa shape index (κ2) is 15.9. The largest absolute Gasteiger partial charge is 0.491 e. The lowest BCUT2D eigenvalue weighted by Gasteiger charge is -2.31. The molecule has 6 heteroatoms. The van der Waals surface area contributed by atoms with E-state index in [1.54, 1.807) is 280 Å². The van der Waals surface area contributed by atoms with Gasteiger partial charge in [-0.3, -0.25) is 0 Å². The second-order valence-corrected chi connectivity index (χ2v) is 43.8. The van der Waals surface area contributed by atoms with Gasteiger partial charge in [0.25, 0.3) is 0 Å². The first kappa shape index (κ1) is 58.1. The van der Waals surface area contributed by atoms with E-state index >= 15 is 0 Å². The fourth-order valence-electron chi connectivity index (χ4n) is 31.4. The summed E-state index contributed by atoms with van der Waals surface area (Å²) in [5.74, 6) is 2.03. The van der Waals surface area contributed by atoms with Crippen LogP contribution in [0.5, 0.6) is 11.5 Å². The molecule has 0 saturated carbocycles. The van der Waals surface area contributed by atoms with E-state index in [4.69, 9.17) is 18.9 Å². The van der Waals surface area contributed by atoms with Gasteiger partial charge in [0.1, 0.15) is 30.4 Å². The van der Waals surface area contributed by atoms with Gasteiger partial charge in [-0.05, 0) is 99.5 Å². The van der Waals surface area contributed by atoms with E-state index in [-0.39, 0.29) is 21.7 Å². The second-order valence-electron chi connectivity index (χ2n) is 43.8. The molecule has 11 bridgehead atoms. The minimum absolute atomic E-state index is 0.180. The third-order valence-corrected chi connectivity index (χ3v) is 35.0. The third kappa shape index (κ3) is 4.85. The molecular formula is C112H70N2O4. The van der Waals surface area contributed by atoms with E-state index in [0.29, 0.717) is 65.2 Å². The van der Waals surface area contributed by atoms with Crippen LogP contribution >= 0.6 is 0 Å². The molecule has 0 radical (unpaired) electrons. The quantitative estimate of drug-likeness (QED) is 0.112. The molecule has 0 N–H and O–H groups in total. The molecule has 5 heterocycles. The molecule has 33 aromatic carbocycles. The molecule has 118 heavy (non-hydrogen) atoms. The molecule has 0 spiro atoms. The predicted octanol–water partition coefficient (Wildman–Crippen LogP) is 28.8. The molecule has 0 aliphatic carbocycles. The zero-order valence-corrected chi connectivity index (χ0v) is 68.2. The van der Waals surface area contributed by atoms with Gasteiger partial charge < -0.3 is 28.1 Å². The molecule has 2 aliphatic heterocycles. The van der Waals surface area contributed by atoms with Crippen LogP contribution in [0.2, 0.25) is 0 Å². The molecule has 0 fully saturated rings. The highest BCUT2D eigenvalue weighted by atomic mass is 16.5. The summed E-state index contributed by atoms with van der Waals surface area (Å²) in [6.07, 6.45) is 2.72. The number of nitrogens with zero attached hydrogens (tertiary/aromatic N) is 2. The molecule has 6 nitrogen and oxygen atoms in total. The first-order valence-corrected chi connectivity index (χ1v) is 44.1. The van der Waals surface area contributed by atoms with Crippen molar-refractivity contribution in [1.29, 1.82) is 0 Å². The fraction of sp³-hybridized carbons (Fsp3) is 0.250. The van der Waals surface area contributed by atoms with Crippen LogP contribution in [0.3, 0.4) is 0 Å². The highest BCUT2D eigenvalue weighted by molar-refractivity contribution is 6.84. The minimum Gasteiger partial charge on any atom is -0.491 e. The van der Waals surface area contributed by atoms with Crippen LogP contribution in [-0.4, -0.2) is 49.8 Å². The summed E-state index contributed by atoms with van der Waals surface area (Å²) in [5, 5.41) is 90.6. The lowest BCUT2D eigenvalue weighted by atomic mass is 9.77. The Bertz CT molecular complexity index is 9860. The van der Waals surface area contributed by atoms with E-state index in [0.717, 1.165) is 11.5 Å². The number of hydrogen-bond donors (Lipinski definition) is 0. The summed E-state index contributed by atoms with van der Waals surface area (Å²) in [6, 6.07) is 21.2. The topological polar surface area (TPSA) is 46.8 Å². The summed E-state index contributed by atoms with van der Waals surface area (Å²) in [7, 11) is 3.66. The standard InChI is InChI=1S/C112H70N2O4/c1-109(2,3)41-23-33-19-37-27-43(111(7,8)9)29-39(106(37)117-17-15-115-13)21-35-25-42(110(4,5)6)26-36-22-40-30-44(112(10,11)12)28-38(107(40)118-18-16-116-14)20-34(24-41)45(33)31-113-104-99-91-81-71-61-53-48-47-49-51-50(48)59-63(61)73-77-67(59)68-60(51)64-62-54(49)58-56-52(47)55-57(53)69(71)79-75-65(55)66(56)76-80-70(58)72(62)82-86-74(64)78(68)88-87(77)97(95(99)85(73)81)103-98(88)96(86)100-92(82)90(80)94-84(76)83(75)93(89(79)91)101(104)102(94)105(100)114(108(103)113)32-46(35)36/h23-30H,15-22,31-32H2,1-14H3. The van der Waals surface area contributed by atoms with Crippen molar-refractivity contribution in [2.45, 2.75) is 144 Å². The molecule has 2 aliphatic rings. The Hall–Kier alpha value is -11.8. The van der Waals surface area contributed by atoms with Gasteiger partial charge in [-0.2, -0.15) is 0 Å². The van der Waals surface area contributed by atoms with Gasteiger partial charge in [-0.25, -0.2) is 0 Å². The number of benzene rings is 22. The number of rotatable bonds is 8. The van der Waals surface area contributed by atoms with E-state index in [2.05, 4.69) is 141 Å². The predicted molar refractivity (Wildman–Crippen MR) is 499 cm³/mol. The minimum atomic E-state index is -0.219. The SMILES string of the molecule is COCCOc1c2cc(C(C)(C)C)cc1Cc1cc(C(C)(C)C)cc3c1Cn1c4c5c6c7c8c9c%10c%11c%12c%13c%14c%11c%11c9c9c%15c%11c%11c%14c%14c%16c%13c%13c%17c%12c%12c%10c8c8c%10c%12c%17c%12c%17c%13c%16c%13c%16c%14c%11c%11c%15c(c5c97)c5c%11c%16c7c%13c%17c9c%12c%10c(c86)c4c9c7n(c51)Cc1c(cc(C(C)(C)C)cc1Cc1cc(C(C)(C)C)cc(c1OCCOC)C3)C2. The van der Waals surface area contributed by atoms with Gasteiger partial charge in [0.2, 0.25) is 0 Å². The maximum absolute atomic E-state index is 7.61. The molecular weight excluding hydrogens is 1440 g/mol. The Balaban J connectivity index is 0.859. The highest BCUT2D eigenvalue weighted by Crippen LogP contribution is 2.80. The average Bonchev–Trinajstić information content (AvgIpc) is 1.39. The lowest BCUT2D eigenvalue weighted by Crippen LogP contribution is -2.21. The van der Waals surface area contributed by atoms with Crippen LogP contribution in [0.4, 0.5) is 0 Å². The van der Waals surface area contributed by atoms with E-state index in [9.17, 15) is 0 Å². The molecule has 3 aromatic heterocycles. The van der Waals surface area contributed by atoms with E-state index in [1.807, 2.05) is 14.2 Å². The molecule has 0 atom stereocenters. The fourth-order valence-corrected chi connectivity index (χ4v) is 31.4. The number of fused-ring (bicyclic) bond motifs is 4. The van der Waals surface area contributed by atoms with Gasteiger partial charge in [0.15, 0.2) is 0 Å². The van der Waals surface area contributed by atoms with Crippen molar-refractivity contribution in [1.82, 2.24) is 9.13 Å². The first-order chi connectivity index (χ1) is 57.1. The Morgan fingerprint density at radius 3 is 0.551 bits per heavy atom. The average molecular weight is 1510 g/mol. The van der Waals surface area contributed by atoms with Gasteiger partial charge in [0, 0.05) is 347 Å². The third-order valence-electron chi connectivity index (χ3n) is 35.0. The van der Waals surface area contributed by atoms with Crippen LogP contribution < -0.4 is 9.47 Å². The number of methoxy groups -OCH3 is 2. The number of ether oxygens (including phenoxy) is 4. The van der Waals surface area contributed by atoms with Crippen molar-refractivity contribution in [3.63, 3.8) is 0 Å². The zero-order chi connectivity index (χ0) is 76.6. The van der Waals surface area contributed by atoms with Crippen molar-refractivity contribution >= 4 is 324 Å². The molecule has 0 saturated heterocycles. The maximum atomic E-state index is 7.61. The summed E-state index contributed by atoms with van der Waals surface area (Å²) < 4.78 is 33.6. The van der Waals surface area contributed by atoms with Crippen molar-refractivity contribution < 1.29 is 18.9 Å². The lowest BCUT2D eigenvalue weighted by molar-refractivity contribution is 0.145. The van der Waals surface area contributed by atoms with Crippen molar-refractivity contribution in [3.8, 4) is 11.5 Å². The van der Waals surface area contributed by atoms with Crippen molar-refractivity contribution in [3.05, 3.63) is 126 Å². The first-order valence-electron chi connectivity index (χ1n) is 44.1. The van der Waals surface area contributed by atoms with Crippen LogP contribution in [0.25, 0.3) is 324 Å². The smallest absolute Gasteiger partial charge is 0.126 e. The van der Waals surface area contributed by atoms with E-state index < -0.39 is 0 Å². The van der Waals surface area contributed by atoms with Gasteiger partial charge in [-0.15, -0.1) is 0 Å².